The van der Waals surface area contributed by atoms with Gasteiger partial charge in [0.25, 0.3) is 10.0 Å². The lowest BCUT2D eigenvalue weighted by atomic mass is 10.1. The van der Waals surface area contributed by atoms with Gasteiger partial charge in [-0.2, -0.15) is 0 Å². The Morgan fingerprint density at radius 3 is 2.37 bits per heavy atom. The van der Waals surface area contributed by atoms with Crippen molar-refractivity contribution in [2.24, 2.45) is 0 Å². The number of sulfonamides is 1. The van der Waals surface area contributed by atoms with E-state index >= 15 is 0 Å². The Morgan fingerprint density at radius 1 is 0.852 bits per heavy atom. The third kappa shape index (κ3) is 3.74. The average molecular weight is 393 g/mol. The van der Waals surface area contributed by atoms with Gasteiger partial charge in [0.2, 0.25) is 0 Å². The highest BCUT2D eigenvalue weighted by Gasteiger charge is 2.20. The fourth-order valence-electron chi connectivity index (χ4n) is 2.69. The van der Waals surface area contributed by atoms with Crippen LogP contribution in [0.25, 0.3) is 22.4 Å². The summed E-state index contributed by atoms with van der Waals surface area (Å²) in [6.07, 6.45) is 3.37. The maximum absolute atomic E-state index is 13.0. The number of pyridine rings is 1. The predicted molar refractivity (Wildman–Crippen MR) is 108 cm³/mol. The van der Waals surface area contributed by atoms with E-state index in [1.807, 2.05) is 48.5 Å². The van der Waals surface area contributed by atoms with Crippen molar-refractivity contribution in [3.63, 3.8) is 0 Å². The molecule has 0 unspecified atom stereocenters. The fourth-order valence-corrected chi connectivity index (χ4v) is 4.90. The number of benzene rings is 2. The fraction of sp³-hybridized carbons (Fsp3) is 0. The molecule has 2 heterocycles. The number of anilines is 1. The highest BCUT2D eigenvalue weighted by atomic mass is 32.2. The van der Waals surface area contributed by atoms with Crippen molar-refractivity contribution >= 4 is 26.5 Å². The van der Waals surface area contributed by atoms with Crippen LogP contribution in [0.5, 0.6) is 0 Å². The minimum atomic E-state index is -3.78. The number of nitrogens with one attached hydrogen (secondary N) is 1. The van der Waals surface area contributed by atoms with Crippen molar-refractivity contribution < 1.29 is 8.42 Å². The Bertz CT molecular complexity index is 1160. The van der Waals surface area contributed by atoms with Crippen molar-refractivity contribution in [1.82, 2.24) is 9.97 Å². The molecule has 134 valence electrons. The monoisotopic (exact) mass is 393 g/mol. The molecule has 0 bridgehead atoms. The molecule has 0 aliphatic heterocycles. The molecule has 0 aliphatic rings. The molecule has 0 radical (unpaired) electrons. The molecule has 5 nitrogen and oxygen atoms in total. The predicted octanol–water partition coefficient (Wildman–Crippen LogP) is 4.67. The second-order valence-corrected chi connectivity index (χ2v) is 8.26. The Balaban J connectivity index is 1.67. The molecule has 4 aromatic rings. The van der Waals surface area contributed by atoms with Crippen molar-refractivity contribution in [3.8, 4) is 22.4 Å². The van der Waals surface area contributed by atoms with E-state index in [1.165, 1.54) is 11.3 Å². The van der Waals surface area contributed by atoms with E-state index < -0.39 is 10.0 Å². The van der Waals surface area contributed by atoms with Crippen LogP contribution >= 0.6 is 11.3 Å². The van der Waals surface area contributed by atoms with Crippen molar-refractivity contribution in [2.45, 2.75) is 4.90 Å². The Labute approximate surface area is 161 Å². The number of nitrogens with zero attached hydrogens (tertiary/aromatic N) is 2. The van der Waals surface area contributed by atoms with E-state index in [9.17, 15) is 8.42 Å². The zero-order chi connectivity index (χ0) is 18.7. The van der Waals surface area contributed by atoms with Gasteiger partial charge in [0.1, 0.15) is 0 Å². The molecule has 0 amide bonds. The summed E-state index contributed by atoms with van der Waals surface area (Å²) in [6.45, 7) is 0. The summed E-state index contributed by atoms with van der Waals surface area (Å²) >= 11 is 1.24. The molecule has 0 saturated heterocycles. The maximum atomic E-state index is 13.0. The number of hydrogen-bond acceptors (Lipinski definition) is 5. The molecular weight excluding hydrogens is 378 g/mol. The van der Waals surface area contributed by atoms with Crippen LogP contribution in [0, 0.1) is 0 Å². The van der Waals surface area contributed by atoms with Crippen LogP contribution in [-0.4, -0.2) is 18.4 Å². The highest BCUT2D eigenvalue weighted by molar-refractivity contribution is 7.93. The smallest absolute Gasteiger partial charge is 0.264 e. The zero-order valence-corrected chi connectivity index (χ0v) is 15.7. The van der Waals surface area contributed by atoms with Crippen molar-refractivity contribution in [2.75, 3.05) is 4.72 Å². The lowest BCUT2D eigenvalue weighted by Gasteiger charge is -2.11. The van der Waals surface area contributed by atoms with E-state index in [0.717, 1.165) is 11.1 Å². The molecule has 0 spiro atoms. The van der Waals surface area contributed by atoms with E-state index in [1.54, 1.807) is 36.0 Å². The largest absolute Gasteiger partial charge is 0.264 e. The lowest BCUT2D eigenvalue weighted by Crippen LogP contribution is -2.13. The van der Waals surface area contributed by atoms with E-state index in [0.29, 0.717) is 16.4 Å². The van der Waals surface area contributed by atoms with Gasteiger partial charge in [0.05, 0.1) is 10.6 Å². The lowest BCUT2D eigenvalue weighted by molar-refractivity contribution is 0.601. The molecule has 27 heavy (non-hydrogen) atoms. The van der Waals surface area contributed by atoms with Gasteiger partial charge >= 0.3 is 0 Å². The summed E-state index contributed by atoms with van der Waals surface area (Å²) in [5, 5.41) is 2.12. The molecule has 4 rings (SSSR count). The molecule has 1 N–H and O–H groups in total. The normalized spacial score (nSPS) is 11.3. The summed E-state index contributed by atoms with van der Waals surface area (Å²) < 4.78 is 28.6. The second-order valence-electron chi connectivity index (χ2n) is 5.75. The molecule has 2 aromatic heterocycles. The Morgan fingerprint density at radius 2 is 1.59 bits per heavy atom. The van der Waals surface area contributed by atoms with E-state index in [4.69, 9.17) is 0 Å². The van der Waals surface area contributed by atoms with Gasteiger partial charge in [-0.3, -0.25) is 9.71 Å². The molecular formula is C20H15N3O2S2. The first-order chi connectivity index (χ1) is 13.1. The third-order valence-corrected chi connectivity index (χ3v) is 6.23. The zero-order valence-electron chi connectivity index (χ0n) is 14.1. The average Bonchev–Trinajstić information content (AvgIpc) is 3.17. The number of aromatic nitrogens is 2. The quantitative estimate of drug-likeness (QED) is 0.535. The van der Waals surface area contributed by atoms with E-state index in [2.05, 4.69) is 14.7 Å². The molecule has 0 atom stereocenters. The molecule has 0 saturated carbocycles. The minimum Gasteiger partial charge on any atom is -0.264 e. The number of thiazole rings is 1. The SMILES string of the molecule is O=S(=O)(Nc1nc(-c2cccnc2)cs1)c1ccccc1-c1ccccc1. The van der Waals surface area contributed by atoms with Gasteiger partial charge in [-0.25, -0.2) is 13.4 Å². The Hall–Kier alpha value is -3.03. The summed E-state index contributed by atoms with van der Waals surface area (Å²) in [7, 11) is -3.78. The molecule has 2 aromatic carbocycles. The summed E-state index contributed by atoms with van der Waals surface area (Å²) in [5.41, 5.74) is 3.01. The first kappa shape index (κ1) is 17.4. The Kier molecular flexibility index (Phi) is 4.70. The minimum absolute atomic E-state index is 0.217. The van der Waals surface area contributed by atoms with Gasteiger partial charge in [-0.05, 0) is 23.8 Å². The molecule has 0 fully saturated rings. The van der Waals surface area contributed by atoms with Crippen molar-refractivity contribution in [3.05, 3.63) is 84.5 Å². The molecule has 0 aliphatic carbocycles. The van der Waals surface area contributed by atoms with Gasteiger partial charge < -0.3 is 0 Å². The first-order valence-corrected chi connectivity index (χ1v) is 10.5. The van der Waals surface area contributed by atoms with E-state index in [-0.39, 0.29) is 4.90 Å². The first-order valence-electron chi connectivity index (χ1n) is 8.17. The van der Waals surface area contributed by atoms with Gasteiger partial charge in [0.15, 0.2) is 5.13 Å². The summed E-state index contributed by atoms with van der Waals surface area (Å²) in [5.74, 6) is 0. The number of hydrogen-bond donors (Lipinski definition) is 1. The molecule has 7 heteroatoms. The highest BCUT2D eigenvalue weighted by Crippen LogP contribution is 2.30. The van der Waals surface area contributed by atoms with Crippen LogP contribution < -0.4 is 4.72 Å². The van der Waals surface area contributed by atoms with Gasteiger partial charge in [0, 0.05) is 28.9 Å². The van der Waals surface area contributed by atoms with Gasteiger partial charge in [-0.1, -0.05) is 48.5 Å². The van der Waals surface area contributed by atoms with Crippen LogP contribution in [0.3, 0.4) is 0 Å². The van der Waals surface area contributed by atoms with Crippen LogP contribution in [0.15, 0.2) is 89.4 Å². The maximum Gasteiger partial charge on any atom is 0.264 e. The summed E-state index contributed by atoms with van der Waals surface area (Å²) in [6, 6.07) is 20.1. The number of rotatable bonds is 5. The van der Waals surface area contributed by atoms with Gasteiger partial charge in [-0.15, -0.1) is 11.3 Å². The van der Waals surface area contributed by atoms with Crippen molar-refractivity contribution in [1.29, 1.82) is 0 Å². The van der Waals surface area contributed by atoms with Crippen LogP contribution in [-0.2, 0) is 10.0 Å². The summed E-state index contributed by atoms with van der Waals surface area (Å²) in [4.78, 5) is 8.66. The second kappa shape index (κ2) is 7.30. The van der Waals surface area contributed by atoms with Crippen LogP contribution in [0.1, 0.15) is 0 Å². The van der Waals surface area contributed by atoms with Crippen LogP contribution in [0.4, 0.5) is 5.13 Å². The van der Waals surface area contributed by atoms with Crippen LogP contribution in [0.2, 0.25) is 0 Å². The topological polar surface area (TPSA) is 72.0 Å². The standard InChI is InChI=1S/C20H15N3O2S2/c24-27(25,19-11-5-4-10-17(19)15-7-2-1-3-8-15)23-20-22-18(14-26-20)16-9-6-12-21-13-16/h1-14H,(H,22,23). The third-order valence-electron chi connectivity index (χ3n) is 3.94.